The summed E-state index contributed by atoms with van der Waals surface area (Å²) in [5, 5.41) is 5.62. The summed E-state index contributed by atoms with van der Waals surface area (Å²) in [4.78, 5) is 38.2. The van der Waals surface area contributed by atoms with Crippen LogP contribution in [0.2, 0.25) is 0 Å². The fraction of sp³-hybridized carbons (Fsp3) is 0.273. The van der Waals surface area contributed by atoms with Gasteiger partial charge in [-0.1, -0.05) is 12.1 Å². The molecule has 164 valence electrons. The van der Waals surface area contributed by atoms with Gasteiger partial charge in [0.1, 0.15) is 17.2 Å². The second-order valence-electron chi connectivity index (χ2n) is 7.67. The van der Waals surface area contributed by atoms with E-state index in [0.29, 0.717) is 30.2 Å². The van der Waals surface area contributed by atoms with Gasteiger partial charge in [-0.15, -0.1) is 22.7 Å². The van der Waals surface area contributed by atoms with E-state index in [9.17, 15) is 14.0 Å². The van der Waals surface area contributed by atoms with Crippen LogP contribution in [0.4, 0.5) is 4.39 Å². The number of fused-ring (bicyclic) bond motifs is 1. The topological polar surface area (TPSA) is 79.6 Å². The van der Waals surface area contributed by atoms with E-state index in [1.54, 1.807) is 21.4 Å². The molecule has 0 aliphatic carbocycles. The first kappa shape index (κ1) is 20.8. The number of aryl methyl sites for hydroxylation is 2. The van der Waals surface area contributed by atoms with E-state index in [1.807, 2.05) is 25.4 Å². The quantitative estimate of drug-likeness (QED) is 0.481. The predicted octanol–water partition coefficient (Wildman–Crippen LogP) is 3.92. The second kappa shape index (κ2) is 8.10. The number of hydrogen-bond acceptors (Lipinski definition) is 6. The third-order valence-corrected chi connectivity index (χ3v) is 7.37. The zero-order valence-corrected chi connectivity index (χ0v) is 19.1. The molecule has 1 saturated heterocycles. The van der Waals surface area contributed by atoms with Gasteiger partial charge in [0.25, 0.3) is 11.8 Å². The Bertz CT molecular complexity index is 1320. The molecule has 0 radical (unpaired) electrons. The average molecular weight is 470 g/mol. The van der Waals surface area contributed by atoms with Gasteiger partial charge in [-0.05, 0) is 38.0 Å². The largest absolute Gasteiger partial charge is 0.349 e. The molecule has 3 aromatic heterocycles. The molecule has 0 spiro atoms. The summed E-state index contributed by atoms with van der Waals surface area (Å²) in [6, 6.07) is 5.98. The molecule has 1 aromatic carbocycles. The van der Waals surface area contributed by atoms with Crippen LogP contribution < -0.4 is 5.32 Å². The van der Waals surface area contributed by atoms with Crippen LogP contribution in [-0.4, -0.2) is 50.2 Å². The molecule has 1 N–H and O–H groups in total. The molecule has 1 aliphatic rings. The first-order chi connectivity index (χ1) is 15.4. The van der Waals surface area contributed by atoms with Crippen molar-refractivity contribution >= 4 is 39.4 Å². The summed E-state index contributed by atoms with van der Waals surface area (Å²) < 4.78 is 15.1. The van der Waals surface area contributed by atoms with E-state index < -0.39 is 0 Å². The lowest BCUT2D eigenvalue weighted by Crippen LogP contribution is -2.56. The fourth-order valence-corrected chi connectivity index (χ4v) is 5.56. The van der Waals surface area contributed by atoms with E-state index >= 15 is 0 Å². The molecule has 1 atom stereocenters. The number of benzene rings is 1. The molecule has 4 heterocycles. The second-order valence-corrected chi connectivity index (χ2v) is 9.75. The number of carbonyl (C=O) groups excluding carboxylic acids is 2. The summed E-state index contributed by atoms with van der Waals surface area (Å²) in [6.07, 6.45) is 2.63. The van der Waals surface area contributed by atoms with Crippen LogP contribution in [0.25, 0.3) is 15.4 Å². The molecule has 10 heteroatoms. The molecule has 0 saturated carbocycles. The maximum Gasteiger partial charge on any atom is 0.274 e. The van der Waals surface area contributed by atoms with E-state index in [1.165, 1.54) is 34.8 Å². The van der Waals surface area contributed by atoms with Gasteiger partial charge < -0.3 is 10.2 Å². The van der Waals surface area contributed by atoms with Crippen LogP contribution in [0.15, 0.2) is 35.8 Å². The van der Waals surface area contributed by atoms with Crippen molar-refractivity contribution < 1.29 is 14.0 Å². The number of carbonyl (C=O) groups is 2. The summed E-state index contributed by atoms with van der Waals surface area (Å²) in [7, 11) is 0. The first-order valence-electron chi connectivity index (χ1n) is 10.2. The number of rotatable bonds is 5. The molecule has 2 amide bonds. The van der Waals surface area contributed by atoms with Gasteiger partial charge >= 0.3 is 0 Å². The summed E-state index contributed by atoms with van der Waals surface area (Å²) in [5.41, 5.74) is 2.34. The van der Waals surface area contributed by atoms with Crippen LogP contribution in [0.5, 0.6) is 0 Å². The number of halogens is 1. The SMILES string of the molecule is Cc1nc(C(=O)N2CC[C@H]2CNC(=O)c2c(C)nc3sccn23)c(-c2ccc(F)cc2)s1. The molecule has 7 nitrogen and oxygen atoms in total. The zero-order valence-electron chi connectivity index (χ0n) is 17.5. The lowest BCUT2D eigenvalue weighted by atomic mass is 10.0. The molecular weight excluding hydrogens is 449 g/mol. The van der Waals surface area contributed by atoms with Gasteiger partial charge in [0, 0.05) is 24.7 Å². The summed E-state index contributed by atoms with van der Waals surface area (Å²) in [6.45, 7) is 4.63. The van der Waals surface area contributed by atoms with Crippen molar-refractivity contribution in [1.82, 2.24) is 24.6 Å². The highest BCUT2D eigenvalue weighted by molar-refractivity contribution is 7.15. The fourth-order valence-electron chi connectivity index (χ4n) is 3.89. The Hall–Kier alpha value is -3.11. The molecular formula is C22H20FN5O2S2. The van der Waals surface area contributed by atoms with E-state index in [-0.39, 0.29) is 23.7 Å². The summed E-state index contributed by atoms with van der Waals surface area (Å²) in [5.74, 6) is -0.696. The molecule has 1 fully saturated rings. The summed E-state index contributed by atoms with van der Waals surface area (Å²) >= 11 is 2.89. The van der Waals surface area contributed by atoms with Crippen LogP contribution in [0, 0.1) is 19.7 Å². The number of hydrogen-bond donors (Lipinski definition) is 1. The van der Waals surface area contributed by atoms with Crippen LogP contribution in [0.3, 0.4) is 0 Å². The van der Waals surface area contributed by atoms with Crippen molar-refractivity contribution in [3.63, 3.8) is 0 Å². The maximum atomic E-state index is 13.3. The normalized spacial score (nSPS) is 15.7. The monoisotopic (exact) mass is 469 g/mol. The Kier molecular flexibility index (Phi) is 5.26. The number of amides is 2. The van der Waals surface area contributed by atoms with Gasteiger partial charge in [0.2, 0.25) is 0 Å². The van der Waals surface area contributed by atoms with Crippen molar-refractivity contribution in [2.45, 2.75) is 26.3 Å². The maximum absolute atomic E-state index is 13.3. The molecule has 1 aliphatic heterocycles. The predicted molar refractivity (Wildman–Crippen MR) is 122 cm³/mol. The zero-order chi connectivity index (χ0) is 22.4. The van der Waals surface area contributed by atoms with Crippen molar-refractivity contribution in [2.75, 3.05) is 13.1 Å². The van der Waals surface area contributed by atoms with Crippen LogP contribution >= 0.6 is 22.7 Å². The highest BCUT2D eigenvalue weighted by Crippen LogP contribution is 2.33. The number of nitrogens with one attached hydrogen (secondary N) is 1. The molecule has 5 rings (SSSR count). The third-order valence-electron chi connectivity index (χ3n) is 5.60. The van der Waals surface area contributed by atoms with Gasteiger partial charge in [0.05, 0.1) is 21.6 Å². The number of imidazole rings is 1. The van der Waals surface area contributed by atoms with Crippen molar-refractivity contribution in [3.8, 4) is 10.4 Å². The van der Waals surface area contributed by atoms with Crippen molar-refractivity contribution in [3.05, 3.63) is 63.7 Å². The van der Waals surface area contributed by atoms with Crippen LogP contribution in [-0.2, 0) is 0 Å². The number of aromatic nitrogens is 3. The van der Waals surface area contributed by atoms with Gasteiger partial charge in [0.15, 0.2) is 4.96 Å². The molecule has 32 heavy (non-hydrogen) atoms. The van der Waals surface area contributed by atoms with Crippen molar-refractivity contribution in [1.29, 1.82) is 0 Å². The lowest BCUT2D eigenvalue weighted by molar-refractivity contribution is 0.0451. The van der Waals surface area contributed by atoms with Gasteiger partial charge in [-0.25, -0.2) is 14.4 Å². The molecule has 0 bridgehead atoms. The van der Waals surface area contributed by atoms with E-state index in [4.69, 9.17) is 0 Å². The highest BCUT2D eigenvalue weighted by atomic mass is 32.1. The smallest absolute Gasteiger partial charge is 0.274 e. The Morgan fingerprint density at radius 3 is 2.72 bits per heavy atom. The van der Waals surface area contributed by atoms with Crippen LogP contribution in [0.1, 0.15) is 38.1 Å². The van der Waals surface area contributed by atoms with Gasteiger partial charge in [-0.2, -0.15) is 0 Å². The Morgan fingerprint density at radius 2 is 2.00 bits per heavy atom. The first-order valence-corrected chi connectivity index (χ1v) is 11.9. The van der Waals surface area contributed by atoms with E-state index in [2.05, 4.69) is 15.3 Å². The number of likely N-dealkylation sites (tertiary alicyclic amines) is 1. The Labute approximate surface area is 191 Å². The van der Waals surface area contributed by atoms with E-state index in [0.717, 1.165) is 26.8 Å². The minimum Gasteiger partial charge on any atom is -0.349 e. The lowest BCUT2D eigenvalue weighted by Gasteiger charge is -2.40. The highest BCUT2D eigenvalue weighted by Gasteiger charge is 2.35. The standard InChI is InChI=1S/C22H20FN5O2S2/c1-12-18(28-9-10-31-22(28)25-12)20(29)24-11-16-7-8-27(16)21(30)17-19(32-13(2)26-17)14-3-5-15(23)6-4-14/h3-6,9-10,16H,7-8,11H2,1-2H3,(H,24,29)/t16-/m0/s1. The Morgan fingerprint density at radius 1 is 1.22 bits per heavy atom. The minimum atomic E-state index is -0.324. The molecule has 0 unspecified atom stereocenters. The average Bonchev–Trinajstić information content (AvgIpc) is 3.41. The molecule has 4 aromatic rings. The van der Waals surface area contributed by atoms with Gasteiger partial charge in [-0.3, -0.25) is 14.0 Å². The number of nitrogens with zero attached hydrogens (tertiary/aromatic N) is 4. The van der Waals surface area contributed by atoms with Crippen molar-refractivity contribution in [2.24, 2.45) is 0 Å². The minimum absolute atomic E-state index is 0.0966. The third kappa shape index (κ3) is 3.59. The number of thiazole rings is 2. The Balaban J connectivity index is 1.30.